The van der Waals surface area contributed by atoms with Gasteiger partial charge in [0.2, 0.25) is 0 Å². The Morgan fingerprint density at radius 3 is 2.82 bits per heavy atom. The molecular formula is C12H19ClN2OS. The summed E-state index contributed by atoms with van der Waals surface area (Å²) in [6.07, 6.45) is 2.36. The van der Waals surface area contributed by atoms with E-state index in [9.17, 15) is 5.11 Å². The summed E-state index contributed by atoms with van der Waals surface area (Å²) in [5, 5.41) is 15.7. The predicted octanol–water partition coefficient (Wildman–Crippen LogP) is 2.91. The first kappa shape index (κ1) is 13.2. The van der Waals surface area contributed by atoms with Crippen LogP contribution in [0.1, 0.15) is 32.9 Å². The Kier molecular flexibility index (Phi) is 3.49. The van der Waals surface area contributed by atoms with Gasteiger partial charge in [-0.05, 0) is 24.5 Å². The van der Waals surface area contributed by atoms with Gasteiger partial charge in [0.25, 0.3) is 0 Å². The average Bonchev–Trinajstić information content (AvgIpc) is 2.58. The number of thioether (sulfide) groups is 1. The number of halogens is 1. The fraction of sp³-hybridized carbons (Fsp3) is 0.750. The maximum atomic E-state index is 10.9. The largest absolute Gasteiger partial charge is 0.383 e. The van der Waals surface area contributed by atoms with E-state index >= 15 is 0 Å². The van der Waals surface area contributed by atoms with E-state index in [1.807, 2.05) is 11.6 Å². The Labute approximate surface area is 112 Å². The van der Waals surface area contributed by atoms with Crippen molar-refractivity contribution < 1.29 is 5.11 Å². The highest BCUT2D eigenvalue weighted by molar-refractivity contribution is 7.99. The first-order valence-electron chi connectivity index (χ1n) is 5.90. The van der Waals surface area contributed by atoms with Gasteiger partial charge < -0.3 is 5.11 Å². The number of aryl methyl sites for hydroxylation is 1. The van der Waals surface area contributed by atoms with Crippen molar-refractivity contribution in [3.63, 3.8) is 0 Å². The SMILES string of the molecule is CCn1ncc(Cl)c1C1(O)CSCC(C)(C)C1. The zero-order valence-corrected chi connectivity index (χ0v) is 12.1. The van der Waals surface area contributed by atoms with E-state index in [4.69, 9.17) is 11.6 Å². The Morgan fingerprint density at radius 1 is 1.53 bits per heavy atom. The summed E-state index contributed by atoms with van der Waals surface area (Å²) in [6, 6.07) is 0. The van der Waals surface area contributed by atoms with Crippen LogP contribution in [0.4, 0.5) is 0 Å². The van der Waals surface area contributed by atoms with Crippen LogP contribution in [-0.2, 0) is 12.1 Å². The van der Waals surface area contributed by atoms with Crippen molar-refractivity contribution >= 4 is 23.4 Å². The zero-order chi connectivity index (χ0) is 12.7. The van der Waals surface area contributed by atoms with Crippen molar-refractivity contribution in [3.05, 3.63) is 16.9 Å². The van der Waals surface area contributed by atoms with E-state index in [1.165, 1.54) is 0 Å². The van der Waals surface area contributed by atoms with Gasteiger partial charge in [-0.1, -0.05) is 25.4 Å². The van der Waals surface area contributed by atoms with Crippen LogP contribution in [0.3, 0.4) is 0 Å². The van der Waals surface area contributed by atoms with Gasteiger partial charge >= 0.3 is 0 Å². The van der Waals surface area contributed by atoms with Gasteiger partial charge in [-0.15, -0.1) is 0 Å². The lowest BCUT2D eigenvalue weighted by atomic mass is 9.80. The third-order valence-corrected chi connectivity index (χ3v) is 5.08. The van der Waals surface area contributed by atoms with E-state index in [1.54, 1.807) is 18.0 Å². The quantitative estimate of drug-likeness (QED) is 0.901. The molecule has 1 aliphatic rings. The smallest absolute Gasteiger partial charge is 0.117 e. The molecule has 1 N–H and O–H groups in total. The van der Waals surface area contributed by atoms with Crippen molar-refractivity contribution in [2.24, 2.45) is 5.41 Å². The van der Waals surface area contributed by atoms with Crippen LogP contribution in [0.15, 0.2) is 6.20 Å². The molecule has 1 aromatic rings. The molecule has 1 unspecified atom stereocenters. The minimum atomic E-state index is -0.851. The third-order valence-electron chi connectivity index (χ3n) is 3.14. The predicted molar refractivity (Wildman–Crippen MR) is 72.5 cm³/mol. The molecule has 96 valence electrons. The molecule has 0 radical (unpaired) electrons. The van der Waals surface area contributed by atoms with Crippen LogP contribution >= 0.6 is 23.4 Å². The molecule has 0 bridgehead atoms. The van der Waals surface area contributed by atoms with E-state index in [-0.39, 0.29) is 5.41 Å². The molecule has 1 saturated heterocycles. The highest BCUT2D eigenvalue weighted by Crippen LogP contribution is 2.45. The lowest BCUT2D eigenvalue weighted by Gasteiger charge is -2.41. The topological polar surface area (TPSA) is 38.0 Å². The highest BCUT2D eigenvalue weighted by atomic mass is 35.5. The van der Waals surface area contributed by atoms with Gasteiger partial charge in [0, 0.05) is 12.3 Å². The van der Waals surface area contributed by atoms with Gasteiger partial charge in [0.1, 0.15) is 5.60 Å². The molecule has 5 heteroatoms. The van der Waals surface area contributed by atoms with Crippen LogP contribution in [0, 0.1) is 5.41 Å². The Morgan fingerprint density at radius 2 is 2.24 bits per heavy atom. The lowest BCUT2D eigenvalue weighted by molar-refractivity contribution is 0.00782. The number of nitrogens with zero attached hydrogens (tertiary/aromatic N) is 2. The van der Waals surface area contributed by atoms with E-state index < -0.39 is 5.60 Å². The molecule has 0 aromatic carbocycles. The number of hydrogen-bond donors (Lipinski definition) is 1. The van der Waals surface area contributed by atoms with Crippen LogP contribution in [0.25, 0.3) is 0 Å². The number of rotatable bonds is 2. The van der Waals surface area contributed by atoms with Crippen molar-refractivity contribution in [2.75, 3.05) is 11.5 Å². The number of hydrogen-bond acceptors (Lipinski definition) is 3. The lowest BCUT2D eigenvalue weighted by Crippen LogP contribution is -2.41. The molecule has 2 heterocycles. The molecule has 2 rings (SSSR count). The van der Waals surface area contributed by atoms with Gasteiger partial charge in [-0.3, -0.25) is 4.68 Å². The van der Waals surface area contributed by atoms with Crippen molar-refractivity contribution in [1.82, 2.24) is 9.78 Å². The maximum absolute atomic E-state index is 10.9. The second-order valence-electron chi connectivity index (χ2n) is 5.52. The van der Waals surface area contributed by atoms with Crippen LogP contribution in [0.2, 0.25) is 5.02 Å². The van der Waals surface area contributed by atoms with Gasteiger partial charge in [0.15, 0.2) is 0 Å². The van der Waals surface area contributed by atoms with E-state index in [0.717, 1.165) is 24.4 Å². The average molecular weight is 275 g/mol. The molecular weight excluding hydrogens is 256 g/mol. The number of aliphatic hydroxyl groups is 1. The third kappa shape index (κ3) is 2.49. The minimum absolute atomic E-state index is 0.129. The van der Waals surface area contributed by atoms with E-state index in [0.29, 0.717) is 10.8 Å². The van der Waals surface area contributed by atoms with Crippen molar-refractivity contribution in [2.45, 2.75) is 39.3 Å². The monoisotopic (exact) mass is 274 g/mol. The normalized spacial score (nSPS) is 28.3. The van der Waals surface area contributed by atoms with E-state index in [2.05, 4.69) is 18.9 Å². The molecule has 3 nitrogen and oxygen atoms in total. The molecule has 1 atom stereocenters. The fourth-order valence-electron chi connectivity index (χ4n) is 2.61. The summed E-state index contributed by atoms with van der Waals surface area (Å²) in [6.45, 7) is 7.11. The molecule has 0 spiro atoms. The molecule has 1 aliphatic heterocycles. The zero-order valence-electron chi connectivity index (χ0n) is 10.5. The Balaban J connectivity index is 2.40. The minimum Gasteiger partial charge on any atom is -0.383 e. The molecule has 1 fully saturated rings. The van der Waals surface area contributed by atoms with Gasteiger partial charge in [-0.25, -0.2) is 0 Å². The van der Waals surface area contributed by atoms with Crippen LogP contribution < -0.4 is 0 Å². The molecule has 1 aromatic heterocycles. The van der Waals surface area contributed by atoms with Crippen molar-refractivity contribution in [3.8, 4) is 0 Å². The van der Waals surface area contributed by atoms with Crippen molar-refractivity contribution in [1.29, 1.82) is 0 Å². The summed E-state index contributed by atoms with van der Waals surface area (Å²) in [5.41, 5.74) is 0.0572. The highest BCUT2D eigenvalue weighted by Gasteiger charge is 2.43. The summed E-state index contributed by atoms with van der Waals surface area (Å²) in [7, 11) is 0. The summed E-state index contributed by atoms with van der Waals surface area (Å²) < 4.78 is 1.81. The van der Waals surface area contributed by atoms with Gasteiger partial charge in [0.05, 0.1) is 16.9 Å². The number of aromatic nitrogens is 2. The first-order valence-corrected chi connectivity index (χ1v) is 7.43. The summed E-state index contributed by atoms with van der Waals surface area (Å²) >= 11 is 7.97. The van der Waals surface area contributed by atoms with Crippen LogP contribution in [-0.4, -0.2) is 26.4 Å². The molecule has 0 saturated carbocycles. The standard InChI is InChI=1S/C12H19ClN2OS/c1-4-15-10(9(13)5-14-15)12(16)6-11(2,3)7-17-8-12/h5,16H,4,6-8H2,1-3H3. The molecule has 0 amide bonds. The molecule has 0 aliphatic carbocycles. The summed E-state index contributed by atoms with van der Waals surface area (Å²) in [5.74, 6) is 1.77. The second-order valence-corrected chi connectivity index (χ2v) is 6.92. The Bertz CT molecular complexity index is 419. The molecule has 17 heavy (non-hydrogen) atoms. The fourth-order valence-corrected chi connectivity index (χ4v) is 4.26. The Hall–Kier alpha value is -0.190. The first-order chi connectivity index (χ1) is 7.88. The van der Waals surface area contributed by atoms with Gasteiger partial charge in [-0.2, -0.15) is 16.9 Å². The maximum Gasteiger partial charge on any atom is 0.117 e. The summed E-state index contributed by atoms with van der Waals surface area (Å²) in [4.78, 5) is 0. The van der Waals surface area contributed by atoms with Crippen LogP contribution in [0.5, 0.6) is 0 Å². The second kappa shape index (κ2) is 4.48.